The lowest BCUT2D eigenvalue weighted by molar-refractivity contribution is -0.148. The molecule has 1 saturated heterocycles. The number of nitrogens with one attached hydrogen (secondary N) is 1. The summed E-state index contributed by atoms with van der Waals surface area (Å²) in [6, 6.07) is 6.00. The van der Waals surface area contributed by atoms with Crippen LogP contribution in [0.4, 0.5) is 0 Å². The average Bonchev–Trinajstić information content (AvgIpc) is 2.60. The summed E-state index contributed by atoms with van der Waals surface area (Å²) in [6.07, 6.45) is 0.446. The van der Waals surface area contributed by atoms with Gasteiger partial charge in [-0.1, -0.05) is 12.1 Å². The Morgan fingerprint density at radius 2 is 1.58 bits per heavy atom. The van der Waals surface area contributed by atoms with Gasteiger partial charge in [0.05, 0.1) is 4.90 Å². The van der Waals surface area contributed by atoms with Crippen molar-refractivity contribution in [2.24, 2.45) is 5.14 Å². The van der Waals surface area contributed by atoms with E-state index in [1.165, 1.54) is 24.0 Å². The lowest BCUT2D eigenvalue weighted by Crippen LogP contribution is -2.53. The smallest absolute Gasteiger partial charge is 0.312 e. The van der Waals surface area contributed by atoms with Gasteiger partial charge in [0.1, 0.15) is 0 Å². The number of amides is 3. The van der Waals surface area contributed by atoms with Gasteiger partial charge >= 0.3 is 11.8 Å². The average molecular weight is 382 g/mol. The molecule has 3 amide bonds. The normalized spacial score (nSPS) is 14.8. The fraction of sp³-hybridized carbons (Fsp3) is 0.438. The van der Waals surface area contributed by atoms with Crippen LogP contribution >= 0.6 is 0 Å². The van der Waals surface area contributed by atoms with Crippen LogP contribution in [0.25, 0.3) is 0 Å². The Morgan fingerprint density at radius 1 is 1.04 bits per heavy atom. The van der Waals surface area contributed by atoms with E-state index in [0.717, 1.165) is 5.56 Å². The molecule has 10 heteroatoms. The van der Waals surface area contributed by atoms with Crippen molar-refractivity contribution in [2.75, 3.05) is 32.7 Å². The number of sulfonamides is 1. The Hall–Kier alpha value is -2.46. The largest absolute Gasteiger partial charge is 0.347 e. The second kappa shape index (κ2) is 8.28. The summed E-state index contributed by atoms with van der Waals surface area (Å²) in [7, 11) is -3.73. The zero-order valence-electron chi connectivity index (χ0n) is 14.5. The van der Waals surface area contributed by atoms with Gasteiger partial charge in [0.25, 0.3) is 0 Å². The first-order chi connectivity index (χ1) is 12.2. The first-order valence-electron chi connectivity index (χ1n) is 8.13. The zero-order valence-corrected chi connectivity index (χ0v) is 15.3. The van der Waals surface area contributed by atoms with Crippen molar-refractivity contribution in [1.29, 1.82) is 0 Å². The maximum atomic E-state index is 12.1. The van der Waals surface area contributed by atoms with Crippen molar-refractivity contribution < 1.29 is 22.8 Å². The third-order valence-electron chi connectivity index (χ3n) is 4.16. The van der Waals surface area contributed by atoms with Gasteiger partial charge < -0.3 is 15.1 Å². The molecule has 1 fully saturated rings. The van der Waals surface area contributed by atoms with Crippen molar-refractivity contribution in [1.82, 2.24) is 15.1 Å². The maximum Gasteiger partial charge on any atom is 0.312 e. The first-order valence-corrected chi connectivity index (χ1v) is 9.67. The summed E-state index contributed by atoms with van der Waals surface area (Å²) in [5.41, 5.74) is 0.806. The fourth-order valence-electron chi connectivity index (χ4n) is 2.61. The quantitative estimate of drug-likeness (QED) is 0.624. The van der Waals surface area contributed by atoms with E-state index in [1.807, 2.05) is 0 Å². The second-order valence-electron chi connectivity index (χ2n) is 5.99. The summed E-state index contributed by atoms with van der Waals surface area (Å²) in [5.74, 6) is -1.35. The Balaban J connectivity index is 1.78. The summed E-state index contributed by atoms with van der Waals surface area (Å²) in [5, 5.41) is 7.58. The Labute approximate surface area is 152 Å². The fourth-order valence-corrected chi connectivity index (χ4v) is 3.13. The van der Waals surface area contributed by atoms with Crippen LogP contribution in [0, 0.1) is 0 Å². The predicted molar refractivity (Wildman–Crippen MR) is 93.4 cm³/mol. The molecule has 0 bridgehead atoms. The predicted octanol–water partition coefficient (Wildman–Crippen LogP) is -1.32. The van der Waals surface area contributed by atoms with E-state index in [-0.39, 0.29) is 17.3 Å². The van der Waals surface area contributed by atoms with Crippen LogP contribution in [0.2, 0.25) is 0 Å². The van der Waals surface area contributed by atoms with Gasteiger partial charge in [0, 0.05) is 39.6 Å². The highest BCUT2D eigenvalue weighted by Gasteiger charge is 2.26. The minimum Gasteiger partial charge on any atom is -0.347 e. The van der Waals surface area contributed by atoms with Gasteiger partial charge in [-0.2, -0.15) is 0 Å². The van der Waals surface area contributed by atoms with Gasteiger partial charge in [-0.15, -0.1) is 0 Å². The summed E-state index contributed by atoms with van der Waals surface area (Å²) in [6.45, 7) is 3.23. The molecular weight excluding hydrogens is 360 g/mol. The molecule has 0 atom stereocenters. The first kappa shape index (κ1) is 19.9. The van der Waals surface area contributed by atoms with Crippen molar-refractivity contribution in [2.45, 2.75) is 18.2 Å². The van der Waals surface area contributed by atoms with Crippen LogP contribution in [-0.4, -0.2) is 68.7 Å². The van der Waals surface area contributed by atoms with Crippen molar-refractivity contribution in [3.8, 4) is 0 Å². The Kier molecular flexibility index (Phi) is 6.32. The van der Waals surface area contributed by atoms with Crippen LogP contribution in [-0.2, 0) is 30.8 Å². The van der Waals surface area contributed by atoms with E-state index in [4.69, 9.17) is 5.14 Å². The molecule has 0 aromatic heterocycles. The lowest BCUT2D eigenvalue weighted by Gasteiger charge is -2.33. The third-order valence-corrected chi connectivity index (χ3v) is 5.09. The molecule has 142 valence electrons. The number of nitrogens with zero attached hydrogens (tertiary/aromatic N) is 2. The molecule has 1 aliphatic heterocycles. The van der Waals surface area contributed by atoms with Crippen LogP contribution in [0.1, 0.15) is 12.5 Å². The number of primary sulfonamides is 1. The topological polar surface area (TPSA) is 130 Å². The van der Waals surface area contributed by atoms with Crippen LogP contribution < -0.4 is 10.5 Å². The highest BCUT2D eigenvalue weighted by atomic mass is 32.2. The molecule has 1 aliphatic rings. The van der Waals surface area contributed by atoms with Crippen molar-refractivity contribution in [3.63, 3.8) is 0 Å². The Bertz CT molecular complexity index is 783. The minimum atomic E-state index is -3.73. The SMILES string of the molecule is CC(=O)N1CCN(C(=O)C(=O)NCCc2ccc(S(N)(=O)=O)cc2)CC1. The van der Waals surface area contributed by atoms with Crippen molar-refractivity contribution >= 4 is 27.7 Å². The molecule has 9 nitrogen and oxygen atoms in total. The molecule has 1 aromatic carbocycles. The summed E-state index contributed by atoms with van der Waals surface area (Å²) in [4.78, 5) is 38.4. The zero-order chi connectivity index (χ0) is 19.3. The summed E-state index contributed by atoms with van der Waals surface area (Å²) < 4.78 is 22.4. The van der Waals surface area contributed by atoms with E-state index in [0.29, 0.717) is 32.6 Å². The van der Waals surface area contributed by atoms with Gasteiger partial charge in [0.15, 0.2) is 0 Å². The minimum absolute atomic E-state index is 0.0187. The van der Waals surface area contributed by atoms with E-state index in [1.54, 1.807) is 17.0 Å². The molecule has 0 unspecified atom stereocenters. The van der Waals surface area contributed by atoms with Crippen molar-refractivity contribution in [3.05, 3.63) is 29.8 Å². The molecule has 0 radical (unpaired) electrons. The molecule has 0 spiro atoms. The van der Waals surface area contributed by atoms with E-state index >= 15 is 0 Å². The maximum absolute atomic E-state index is 12.1. The highest BCUT2D eigenvalue weighted by Crippen LogP contribution is 2.09. The molecule has 1 heterocycles. The third kappa shape index (κ3) is 5.27. The summed E-state index contributed by atoms with van der Waals surface area (Å²) >= 11 is 0. The lowest BCUT2D eigenvalue weighted by atomic mass is 10.1. The number of carbonyl (C=O) groups is 3. The standard InChI is InChI=1S/C16H22N4O5S/c1-12(21)19-8-10-20(11-9-19)16(23)15(22)18-7-6-13-2-4-14(5-3-13)26(17,24)25/h2-5H,6-11H2,1H3,(H,18,22)(H2,17,24,25). The molecule has 0 aliphatic carbocycles. The number of piperazine rings is 1. The molecule has 3 N–H and O–H groups in total. The number of nitrogens with two attached hydrogens (primary N) is 1. The molecule has 1 aromatic rings. The number of carbonyl (C=O) groups excluding carboxylic acids is 3. The van der Waals surface area contributed by atoms with Gasteiger partial charge in [-0.05, 0) is 24.1 Å². The van der Waals surface area contributed by atoms with Crippen LogP contribution in [0.5, 0.6) is 0 Å². The van der Waals surface area contributed by atoms with Gasteiger partial charge in [-0.3, -0.25) is 14.4 Å². The second-order valence-corrected chi connectivity index (χ2v) is 7.55. The van der Waals surface area contributed by atoms with Gasteiger partial charge in [-0.25, -0.2) is 13.6 Å². The van der Waals surface area contributed by atoms with E-state index in [9.17, 15) is 22.8 Å². The van der Waals surface area contributed by atoms with Crippen LogP contribution in [0.15, 0.2) is 29.2 Å². The van der Waals surface area contributed by atoms with E-state index < -0.39 is 21.8 Å². The Morgan fingerprint density at radius 3 is 2.08 bits per heavy atom. The molecule has 2 rings (SSSR count). The number of rotatable bonds is 4. The van der Waals surface area contributed by atoms with E-state index in [2.05, 4.69) is 5.32 Å². The number of hydrogen-bond acceptors (Lipinski definition) is 5. The van der Waals surface area contributed by atoms with Crippen LogP contribution in [0.3, 0.4) is 0 Å². The monoisotopic (exact) mass is 382 g/mol. The van der Waals surface area contributed by atoms with Gasteiger partial charge in [0.2, 0.25) is 15.9 Å². The highest BCUT2D eigenvalue weighted by molar-refractivity contribution is 7.89. The molecule has 26 heavy (non-hydrogen) atoms. The molecular formula is C16H22N4O5S. The number of hydrogen-bond donors (Lipinski definition) is 2. The molecule has 0 saturated carbocycles. The number of benzene rings is 1.